The number of hydrogen-bond acceptors (Lipinski definition) is 4. The smallest absolute Gasteiger partial charge is 0.123 e. The van der Waals surface area contributed by atoms with Crippen molar-refractivity contribution in [2.24, 2.45) is 0 Å². The van der Waals surface area contributed by atoms with E-state index in [1.165, 1.54) is 26.2 Å². The molecule has 1 fully saturated rings. The number of thiophene rings is 1. The minimum atomic E-state index is 0.540. The maximum Gasteiger partial charge on any atom is 0.123 e. The molecule has 3 aromatic carbocycles. The number of hydrogen-bond donors (Lipinski definition) is 0. The van der Waals surface area contributed by atoms with Gasteiger partial charge in [0.2, 0.25) is 0 Å². The quantitative estimate of drug-likeness (QED) is 0.291. The summed E-state index contributed by atoms with van der Waals surface area (Å²) in [5.41, 5.74) is 2.63. The lowest BCUT2D eigenvalue weighted by atomic mass is 10.1. The Kier molecular flexibility index (Phi) is 6.56. The largest absolute Gasteiger partial charge is 0.488 e. The highest BCUT2D eigenvalue weighted by atomic mass is 35.5. The average molecular weight is 483 g/mol. The van der Waals surface area contributed by atoms with Crippen LogP contribution in [0.5, 0.6) is 5.75 Å². The van der Waals surface area contributed by atoms with E-state index in [2.05, 4.69) is 52.3 Å². The topological polar surface area (TPSA) is 15.7 Å². The van der Waals surface area contributed by atoms with E-state index in [4.69, 9.17) is 27.9 Å². The van der Waals surface area contributed by atoms with E-state index in [9.17, 15) is 0 Å². The summed E-state index contributed by atoms with van der Waals surface area (Å²) in [5.74, 6) is 0.826. The molecule has 32 heavy (non-hydrogen) atoms. The van der Waals surface area contributed by atoms with Crippen LogP contribution in [0.2, 0.25) is 10.0 Å². The molecule has 0 radical (unpaired) electrons. The summed E-state index contributed by atoms with van der Waals surface area (Å²) in [7, 11) is 0. The first-order chi connectivity index (χ1) is 15.7. The van der Waals surface area contributed by atoms with E-state index in [0.717, 1.165) is 43.5 Å². The van der Waals surface area contributed by atoms with Crippen molar-refractivity contribution >= 4 is 50.3 Å². The van der Waals surface area contributed by atoms with Crippen LogP contribution in [0.4, 0.5) is 5.69 Å². The standard InChI is InChI=1S/C26H24Cl2N2OS/c27-19-6-9-22(10-7-19)31-18-26-24(23-16-20(28)8-11-25(23)32-26)17-29-12-14-30(15-13-29)21-4-2-1-3-5-21/h1-11,16H,12-15,17-18H2. The van der Waals surface area contributed by atoms with Crippen LogP contribution in [-0.2, 0) is 13.2 Å². The van der Waals surface area contributed by atoms with E-state index in [0.29, 0.717) is 11.6 Å². The lowest BCUT2D eigenvalue weighted by Gasteiger charge is -2.36. The minimum Gasteiger partial charge on any atom is -0.488 e. The van der Waals surface area contributed by atoms with Crippen LogP contribution in [0.3, 0.4) is 0 Å². The van der Waals surface area contributed by atoms with Gasteiger partial charge in [-0.1, -0.05) is 41.4 Å². The highest BCUT2D eigenvalue weighted by Gasteiger charge is 2.21. The van der Waals surface area contributed by atoms with Gasteiger partial charge in [0.05, 0.1) is 0 Å². The predicted octanol–water partition coefficient (Wildman–Crippen LogP) is 7.11. The van der Waals surface area contributed by atoms with E-state index >= 15 is 0 Å². The normalized spacial score (nSPS) is 14.8. The second-order valence-electron chi connectivity index (χ2n) is 7.99. The third-order valence-electron chi connectivity index (χ3n) is 5.90. The average Bonchev–Trinajstić information content (AvgIpc) is 3.16. The summed E-state index contributed by atoms with van der Waals surface area (Å²) in [4.78, 5) is 6.25. The summed E-state index contributed by atoms with van der Waals surface area (Å²) in [5, 5.41) is 2.72. The fraction of sp³-hybridized carbons (Fsp3) is 0.231. The molecule has 1 saturated heterocycles. The zero-order valence-electron chi connectivity index (χ0n) is 17.6. The second kappa shape index (κ2) is 9.72. The molecule has 3 nitrogen and oxygen atoms in total. The molecule has 6 heteroatoms. The SMILES string of the molecule is Clc1ccc(OCc2sc3ccc(Cl)cc3c2CN2CCN(c3ccccc3)CC2)cc1. The van der Waals surface area contributed by atoms with Gasteiger partial charge in [-0.3, -0.25) is 4.90 Å². The molecule has 0 saturated carbocycles. The molecular weight excluding hydrogens is 459 g/mol. The number of halogens is 2. The van der Waals surface area contributed by atoms with Gasteiger partial charge in [-0.25, -0.2) is 0 Å². The molecule has 2 heterocycles. The lowest BCUT2D eigenvalue weighted by molar-refractivity contribution is 0.247. The van der Waals surface area contributed by atoms with Gasteiger partial charge in [-0.2, -0.15) is 0 Å². The van der Waals surface area contributed by atoms with Crippen LogP contribution in [0.15, 0.2) is 72.8 Å². The Bertz CT molecular complexity index is 1190. The molecule has 164 valence electrons. The number of anilines is 1. The number of nitrogens with zero attached hydrogens (tertiary/aromatic N) is 2. The molecule has 1 aliphatic rings. The Morgan fingerprint density at radius 1 is 0.812 bits per heavy atom. The van der Waals surface area contributed by atoms with E-state index < -0.39 is 0 Å². The number of para-hydroxylation sites is 1. The van der Waals surface area contributed by atoms with E-state index in [-0.39, 0.29) is 0 Å². The molecule has 5 rings (SSSR count). The molecule has 0 aliphatic carbocycles. The predicted molar refractivity (Wildman–Crippen MR) is 137 cm³/mol. The van der Waals surface area contributed by atoms with Gasteiger partial charge in [0.15, 0.2) is 0 Å². The molecule has 0 spiro atoms. The molecule has 0 N–H and O–H groups in total. The zero-order valence-corrected chi connectivity index (χ0v) is 20.0. The molecular formula is C26H24Cl2N2OS. The number of ether oxygens (including phenoxy) is 1. The molecule has 0 atom stereocenters. The summed E-state index contributed by atoms with van der Waals surface area (Å²) in [6.45, 7) is 5.57. The van der Waals surface area contributed by atoms with Crippen molar-refractivity contribution in [2.45, 2.75) is 13.2 Å². The van der Waals surface area contributed by atoms with Gasteiger partial charge >= 0.3 is 0 Å². The molecule has 0 bridgehead atoms. The zero-order chi connectivity index (χ0) is 21.9. The maximum atomic E-state index is 6.36. The van der Waals surface area contributed by atoms with Crippen molar-refractivity contribution in [1.29, 1.82) is 0 Å². The Balaban J connectivity index is 1.33. The molecule has 4 aromatic rings. The van der Waals surface area contributed by atoms with Crippen LogP contribution in [0.1, 0.15) is 10.4 Å². The number of piperazine rings is 1. The Labute approximate surface area is 202 Å². The van der Waals surface area contributed by atoms with Crippen LogP contribution in [-0.4, -0.2) is 31.1 Å². The third kappa shape index (κ3) is 4.89. The van der Waals surface area contributed by atoms with Crippen LogP contribution < -0.4 is 9.64 Å². The summed E-state index contributed by atoms with van der Waals surface area (Å²) in [6.07, 6.45) is 0. The molecule has 0 unspecified atom stereocenters. The lowest BCUT2D eigenvalue weighted by Crippen LogP contribution is -2.46. The van der Waals surface area contributed by atoms with Crippen molar-refractivity contribution in [3.8, 4) is 5.75 Å². The van der Waals surface area contributed by atoms with Gasteiger partial charge in [0.25, 0.3) is 0 Å². The van der Waals surface area contributed by atoms with Crippen molar-refractivity contribution < 1.29 is 4.74 Å². The summed E-state index contributed by atoms with van der Waals surface area (Å²) >= 11 is 14.2. The van der Waals surface area contributed by atoms with Crippen LogP contribution >= 0.6 is 34.5 Å². The van der Waals surface area contributed by atoms with E-state index in [1.54, 1.807) is 11.3 Å². The summed E-state index contributed by atoms with van der Waals surface area (Å²) < 4.78 is 7.36. The first kappa shape index (κ1) is 21.6. The number of rotatable bonds is 6. The number of benzene rings is 3. The highest BCUT2D eigenvalue weighted by Crippen LogP contribution is 2.35. The summed E-state index contributed by atoms with van der Waals surface area (Å²) in [6, 6.07) is 24.4. The monoisotopic (exact) mass is 482 g/mol. The van der Waals surface area contributed by atoms with Crippen molar-refractivity contribution in [1.82, 2.24) is 4.90 Å². The van der Waals surface area contributed by atoms with Gasteiger partial charge in [-0.05, 0) is 65.5 Å². The van der Waals surface area contributed by atoms with Crippen molar-refractivity contribution in [3.05, 3.63) is 93.3 Å². The molecule has 0 amide bonds. The van der Waals surface area contributed by atoms with E-state index in [1.807, 2.05) is 30.3 Å². The maximum absolute atomic E-state index is 6.36. The first-order valence-corrected chi connectivity index (χ1v) is 12.3. The van der Waals surface area contributed by atoms with Crippen molar-refractivity contribution in [3.63, 3.8) is 0 Å². The Morgan fingerprint density at radius 2 is 1.53 bits per heavy atom. The highest BCUT2D eigenvalue weighted by molar-refractivity contribution is 7.19. The minimum absolute atomic E-state index is 0.540. The Hall–Kier alpha value is -2.24. The van der Waals surface area contributed by atoms with Crippen molar-refractivity contribution in [2.75, 3.05) is 31.1 Å². The van der Waals surface area contributed by atoms with Gasteiger partial charge in [-0.15, -0.1) is 11.3 Å². The molecule has 1 aromatic heterocycles. The van der Waals surface area contributed by atoms with Gasteiger partial charge in [0.1, 0.15) is 12.4 Å². The first-order valence-electron chi connectivity index (χ1n) is 10.8. The molecule has 1 aliphatic heterocycles. The second-order valence-corrected chi connectivity index (χ2v) is 10.00. The fourth-order valence-corrected chi connectivity index (χ4v) is 5.58. The van der Waals surface area contributed by atoms with Gasteiger partial charge < -0.3 is 9.64 Å². The van der Waals surface area contributed by atoms with Gasteiger partial charge in [0, 0.05) is 58.0 Å². The number of fused-ring (bicyclic) bond motifs is 1. The Morgan fingerprint density at radius 3 is 2.28 bits per heavy atom. The fourth-order valence-electron chi connectivity index (χ4n) is 4.17. The van der Waals surface area contributed by atoms with Crippen LogP contribution in [0, 0.1) is 0 Å². The van der Waals surface area contributed by atoms with Crippen LogP contribution in [0.25, 0.3) is 10.1 Å². The third-order valence-corrected chi connectivity index (χ3v) is 7.57.